The Morgan fingerprint density at radius 1 is 1.24 bits per heavy atom. The van der Waals surface area contributed by atoms with Gasteiger partial charge in [-0.25, -0.2) is 13.2 Å². The van der Waals surface area contributed by atoms with Gasteiger partial charge in [-0.2, -0.15) is 0 Å². The second-order valence-corrected chi connectivity index (χ2v) is 9.32. The molecule has 2 rings (SSSR count). The molecule has 21 heavy (non-hydrogen) atoms. The Kier molecular flexibility index (Phi) is 4.28. The Morgan fingerprint density at radius 2 is 1.81 bits per heavy atom. The molecule has 2 aliphatic rings. The van der Waals surface area contributed by atoms with Crippen molar-refractivity contribution in [2.45, 2.75) is 51.0 Å². The Morgan fingerprint density at radius 3 is 2.29 bits per heavy atom. The van der Waals surface area contributed by atoms with Crippen LogP contribution in [0.15, 0.2) is 0 Å². The molecule has 2 fully saturated rings. The molecule has 1 N–H and O–H groups in total. The highest BCUT2D eigenvalue weighted by molar-refractivity contribution is 7.91. The molecule has 2 saturated heterocycles. The number of carbonyl (C=O) groups excluding carboxylic acids is 1. The van der Waals surface area contributed by atoms with E-state index >= 15 is 0 Å². The summed E-state index contributed by atoms with van der Waals surface area (Å²) in [5.74, 6) is 0. The Balaban J connectivity index is 2.28. The van der Waals surface area contributed by atoms with Crippen molar-refractivity contribution in [3.05, 3.63) is 0 Å². The number of rotatable bonds is 1. The highest BCUT2D eigenvalue weighted by Crippen LogP contribution is 2.46. The van der Waals surface area contributed by atoms with E-state index in [4.69, 9.17) is 4.74 Å². The second-order valence-electron chi connectivity index (χ2n) is 7.22. The largest absolute Gasteiger partial charge is 0.444 e. The molecule has 7 heteroatoms. The van der Waals surface area contributed by atoms with Gasteiger partial charge in [-0.05, 0) is 53.1 Å². The van der Waals surface area contributed by atoms with Crippen LogP contribution in [0.3, 0.4) is 0 Å². The Labute approximate surface area is 127 Å². The number of hydrogen-bond donors (Lipinski definition) is 1. The maximum atomic E-state index is 12.4. The molecule has 0 aromatic carbocycles. The summed E-state index contributed by atoms with van der Waals surface area (Å²) < 4.78 is 30.0. The van der Waals surface area contributed by atoms with E-state index in [9.17, 15) is 13.2 Å². The number of hydrogen-bond acceptors (Lipinski definition) is 5. The summed E-state index contributed by atoms with van der Waals surface area (Å²) in [7, 11) is -3.36. The van der Waals surface area contributed by atoms with E-state index in [0.29, 0.717) is 6.54 Å². The minimum absolute atomic E-state index is 0.324. The Bertz CT molecular complexity index is 504. The quantitative estimate of drug-likeness (QED) is 0.790. The van der Waals surface area contributed by atoms with Crippen LogP contribution in [0.2, 0.25) is 0 Å². The molecule has 1 spiro atoms. The van der Waals surface area contributed by atoms with Gasteiger partial charge in [0, 0.05) is 18.2 Å². The molecule has 0 aromatic rings. The number of carbonyl (C=O) groups is 1. The standard InChI is InChI=1S/C14H26N2O4S/c1-13(2,3)20-12(17)16-10-7-14(5-8-15-9-6-14)11(16)21(4,18)19/h11,15H,5-10H2,1-4H3. The highest BCUT2D eigenvalue weighted by atomic mass is 32.2. The van der Waals surface area contributed by atoms with Gasteiger partial charge in [-0.3, -0.25) is 4.90 Å². The second kappa shape index (κ2) is 5.43. The van der Waals surface area contributed by atoms with Gasteiger partial charge in [0.15, 0.2) is 9.84 Å². The molecule has 2 heterocycles. The fourth-order valence-electron chi connectivity index (χ4n) is 3.53. The van der Waals surface area contributed by atoms with E-state index < -0.39 is 26.9 Å². The summed E-state index contributed by atoms with van der Waals surface area (Å²) in [6.07, 6.45) is 3.00. The minimum Gasteiger partial charge on any atom is -0.444 e. The van der Waals surface area contributed by atoms with Crippen molar-refractivity contribution in [3.63, 3.8) is 0 Å². The van der Waals surface area contributed by atoms with Gasteiger partial charge >= 0.3 is 6.09 Å². The lowest BCUT2D eigenvalue weighted by Crippen LogP contribution is -2.52. The summed E-state index contributed by atoms with van der Waals surface area (Å²) in [5.41, 5.74) is -0.946. The first-order chi connectivity index (χ1) is 9.55. The van der Waals surface area contributed by atoms with Crippen LogP contribution in [-0.4, -0.2) is 56.3 Å². The normalized spacial score (nSPS) is 26.1. The monoisotopic (exact) mass is 318 g/mol. The van der Waals surface area contributed by atoms with Gasteiger partial charge in [0.1, 0.15) is 11.0 Å². The van der Waals surface area contributed by atoms with Crippen LogP contribution in [-0.2, 0) is 14.6 Å². The lowest BCUT2D eigenvalue weighted by molar-refractivity contribution is 0.0225. The van der Waals surface area contributed by atoms with Gasteiger partial charge in [0.2, 0.25) is 0 Å². The van der Waals surface area contributed by atoms with Crippen LogP contribution < -0.4 is 5.32 Å². The topological polar surface area (TPSA) is 75.7 Å². The van der Waals surface area contributed by atoms with E-state index in [1.54, 1.807) is 20.8 Å². The van der Waals surface area contributed by atoms with Gasteiger partial charge in [0.25, 0.3) is 0 Å². The zero-order valence-corrected chi connectivity index (χ0v) is 14.1. The molecule has 0 radical (unpaired) electrons. The zero-order chi connectivity index (χ0) is 15.9. The highest BCUT2D eigenvalue weighted by Gasteiger charge is 2.54. The third-order valence-corrected chi connectivity index (χ3v) is 5.86. The van der Waals surface area contributed by atoms with Crippen LogP contribution in [0.5, 0.6) is 0 Å². The maximum Gasteiger partial charge on any atom is 0.411 e. The van der Waals surface area contributed by atoms with Gasteiger partial charge < -0.3 is 10.1 Å². The SMILES string of the molecule is CC(C)(C)OC(=O)N1CCC2(CCNCC2)C1S(C)(=O)=O. The van der Waals surface area contributed by atoms with E-state index in [0.717, 1.165) is 32.4 Å². The smallest absolute Gasteiger partial charge is 0.411 e. The number of likely N-dealkylation sites (tertiary alicyclic amines) is 1. The number of nitrogens with one attached hydrogen (secondary N) is 1. The summed E-state index contributed by atoms with van der Waals surface area (Å²) in [6, 6.07) is 0. The first kappa shape index (κ1) is 16.5. The molecule has 2 aliphatic heterocycles. The molecule has 0 bridgehead atoms. The fourth-order valence-corrected chi connectivity index (χ4v) is 5.44. The number of piperidine rings is 1. The molecule has 6 nitrogen and oxygen atoms in total. The van der Waals surface area contributed by atoms with Crippen molar-refractivity contribution < 1.29 is 17.9 Å². The van der Waals surface area contributed by atoms with Gasteiger partial charge in [-0.1, -0.05) is 0 Å². The first-order valence-corrected chi connectivity index (χ1v) is 9.40. The first-order valence-electron chi connectivity index (χ1n) is 7.44. The van der Waals surface area contributed by atoms with Gasteiger partial charge in [-0.15, -0.1) is 0 Å². The van der Waals surface area contributed by atoms with E-state index in [1.807, 2.05) is 0 Å². The molecule has 0 aliphatic carbocycles. The summed E-state index contributed by atoms with van der Waals surface area (Å²) in [4.78, 5) is 13.8. The van der Waals surface area contributed by atoms with Gasteiger partial charge in [0.05, 0.1) is 0 Å². The van der Waals surface area contributed by atoms with E-state index in [2.05, 4.69) is 5.32 Å². The molecular weight excluding hydrogens is 292 g/mol. The lowest BCUT2D eigenvalue weighted by atomic mass is 9.78. The van der Waals surface area contributed by atoms with Crippen molar-refractivity contribution in [2.75, 3.05) is 25.9 Å². The average molecular weight is 318 g/mol. The third kappa shape index (κ3) is 3.51. The third-order valence-electron chi connectivity index (χ3n) is 4.29. The van der Waals surface area contributed by atoms with Crippen molar-refractivity contribution in [2.24, 2.45) is 5.41 Å². The molecule has 122 valence electrons. The molecule has 1 atom stereocenters. The van der Waals surface area contributed by atoms with Crippen molar-refractivity contribution in [1.82, 2.24) is 10.2 Å². The predicted molar refractivity (Wildman–Crippen MR) is 80.7 cm³/mol. The van der Waals surface area contributed by atoms with Crippen molar-refractivity contribution in [3.8, 4) is 0 Å². The average Bonchev–Trinajstić information content (AvgIpc) is 2.67. The van der Waals surface area contributed by atoms with Crippen LogP contribution in [0.1, 0.15) is 40.0 Å². The number of nitrogens with zero attached hydrogens (tertiary/aromatic N) is 1. The predicted octanol–water partition coefficient (Wildman–Crippen LogP) is 1.37. The maximum absolute atomic E-state index is 12.4. The zero-order valence-electron chi connectivity index (χ0n) is 13.3. The number of sulfone groups is 1. The fraction of sp³-hybridized carbons (Fsp3) is 0.929. The molecule has 1 amide bonds. The summed E-state index contributed by atoms with van der Waals surface area (Å²) >= 11 is 0. The van der Waals surface area contributed by atoms with Crippen LogP contribution in [0, 0.1) is 5.41 Å². The number of amides is 1. The molecule has 0 saturated carbocycles. The molecule has 1 unspecified atom stereocenters. The Hall–Kier alpha value is -0.820. The lowest BCUT2D eigenvalue weighted by Gasteiger charge is -2.39. The van der Waals surface area contributed by atoms with Crippen LogP contribution >= 0.6 is 0 Å². The van der Waals surface area contributed by atoms with Crippen molar-refractivity contribution in [1.29, 1.82) is 0 Å². The summed E-state index contributed by atoms with van der Waals surface area (Å²) in [6.45, 7) is 7.42. The molecular formula is C14H26N2O4S. The number of ether oxygens (including phenoxy) is 1. The van der Waals surface area contributed by atoms with E-state index in [-0.39, 0.29) is 5.41 Å². The summed E-state index contributed by atoms with van der Waals surface area (Å²) in [5, 5.41) is 2.50. The van der Waals surface area contributed by atoms with Crippen LogP contribution in [0.4, 0.5) is 4.79 Å². The minimum atomic E-state index is -3.36. The molecule has 0 aromatic heterocycles. The van der Waals surface area contributed by atoms with Crippen LogP contribution in [0.25, 0.3) is 0 Å². The van der Waals surface area contributed by atoms with Crippen molar-refractivity contribution >= 4 is 15.9 Å². The van der Waals surface area contributed by atoms with E-state index in [1.165, 1.54) is 11.2 Å².